The average Bonchev–Trinajstić information content (AvgIpc) is 3.44. The number of hydrogen-bond acceptors (Lipinski definition) is 6. The molecule has 2 aromatic heterocycles. The van der Waals surface area contributed by atoms with Crippen LogP contribution in [0.15, 0.2) is 41.3 Å². The second-order valence-corrected chi connectivity index (χ2v) is 11.7. The van der Waals surface area contributed by atoms with Crippen LogP contribution in [-0.2, 0) is 12.8 Å². The summed E-state index contributed by atoms with van der Waals surface area (Å²) < 4.78 is 0. The van der Waals surface area contributed by atoms with Gasteiger partial charge < -0.3 is 29.7 Å². The molecule has 1 aromatic carbocycles. The van der Waals surface area contributed by atoms with Crippen molar-refractivity contribution in [3.8, 4) is 11.1 Å². The number of benzene rings is 1. The van der Waals surface area contributed by atoms with E-state index in [0.717, 1.165) is 65.3 Å². The van der Waals surface area contributed by atoms with E-state index in [9.17, 15) is 19.5 Å². The van der Waals surface area contributed by atoms with Crippen molar-refractivity contribution in [2.45, 2.75) is 59.4 Å². The SMILES string of the molecule is CCCc1cc(C)[nH]c(=O)c1N(C)C(=O)c1cc(-c2ccc(N3CCN(C(=O)O)CC3)nc2)cc2c1CCN2C(C)CC. The summed E-state index contributed by atoms with van der Waals surface area (Å²) in [5.74, 6) is 0.603. The van der Waals surface area contributed by atoms with Crippen molar-refractivity contribution in [1.29, 1.82) is 0 Å². The number of fused-ring (bicyclic) bond motifs is 1. The number of carboxylic acid groups (broad SMARTS) is 1. The number of carbonyl (C=O) groups excluding carboxylic acids is 1. The molecule has 1 fully saturated rings. The van der Waals surface area contributed by atoms with E-state index in [1.807, 2.05) is 37.4 Å². The molecule has 5 rings (SSSR count). The van der Waals surface area contributed by atoms with Crippen LogP contribution in [0.1, 0.15) is 60.8 Å². The third-order valence-electron chi connectivity index (χ3n) is 8.83. The number of aromatic nitrogens is 2. The second kappa shape index (κ2) is 12.5. The second-order valence-electron chi connectivity index (χ2n) is 11.7. The summed E-state index contributed by atoms with van der Waals surface area (Å²) in [7, 11) is 1.70. The number of nitrogens with zero attached hydrogens (tertiary/aromatic N) is 5. The Labute approximate surface area is 252 Å². The number of aryl methyl sites for hydroxylation is 2. The molecule has 0 bridgehead atoms. The van der Waals surface area contributed by atoms with Crippen molar-refractivity contribution in [1.82, 2.24) is 14.9 Å². The first-order valence-electron chi connectivity index (χ1n) is 15.3. The zero-order chi connectivity index (χ0) is 30.8. The smallest absolute Gasteiger partial charge is 0.407 e. The minimum absolute atomic E-state index is 0.198. The van der Waals surface area contributed by atoms with Crippen molar-refractivity contribution < 1.29 is 14.7 Å². The molecule has 10 nitrogen and oxygen atoms in total. The minimum Gasteiger partial charge on any atom is -0.465 e. The molecule has 43 heavy (non-hydrogen) atoms. The van der Waals surface area contributed by atoms with Crippen molar-refractivity contribution in [2.75, 3.05) is 54.5 Å². The molecule has 0 spiro atoms. The number of piperazine rings is 1. The number of anilines is 3. The van der Waals surface area contributed by atoms with E-state index >= 15 is 0 Å². The zero-order valence-corrected chi connectivity index (χ0v) is 25.8. The van der Waals surface area contributed by atoms with Gasteiger partial charge in [0.2, 0.25) is 0 Å². The third-order valence-corrected chi connectivity index (χ3v) is 8.83. The molecule has 1 unspecified atom stereocenters. The number of nitrogens with one attached hydrogen (secondary N) is 1. The van der Waals surface area contributed by atoms with Crippen LogP contribution in [0.5, 0.6) is 0 Å². The summed E-state index contributed by atoms with van der Waals surface area (Å²) in [6.45, 7) is 11.2. The van der Waals surface area contributed by atoms with Gasteiger partial charge in [-0.1, -0.05) is 20.3 Å². The first-order valence-corrected chi connectivity index (χ1v) is 15.3. The lowest BCUT2D eigenvalue weighted by Gasteiger charge is -2.33. The molecular weight excluding hydrogens is 544 g/mol. The molecule has 0 radical (unpaired) electrons. The van der Waals surface area contributed by atoms with Crippen LogP contribution >= 0.6 is 0 Å². The molecular formula is C33H42N6O4. The molecule has 0 aliphatic carbocycles. The van der Waals surface area contributed by atoms with E-state index in [1.54, 1.807) is 7.05 Å². The largest absolute Gasteiger partial charge is 0.465 e. The van der Waals surface area contributed by atoms with Gasteiger partial charge in [-0.15, -0.1) is 0 Å². The Morgan fingerprint density at radius 3 is 2.44 bits per heavy atom. The molecule has 2 aliphatic heterocycles. The van der Waals surface area contributed by atoms with Gasteiger partial charge in [-0.2, -0.15) is 0 Å². The van der Waals surface area contributed by atoms with Gasteiger partial charge in [-0.3, -0.25) is 9.59 Å². The van der Waals surface area contributed by atoms with Crippen LogP contribution in [0, 0.1) is 6.92 Å². The predicted octanol–water partition coefficient (Wildman–Crippen LogP) is 4.94. The number of H-pyrrole nitrogens is 1. The van der Waals surface area contributed by atoms with Crippen molar-refractivity contribution >= 4 is 29.2 Å². The zero-order valence-electron chi connectivity index (χ0n) is 25.8. The highest BCUT2D eigenvalue weighted by Crippen LogP contribution is 2.38. The molecule has 1 saturated heterocycles. The highest BCUT2D eigenvalue weighted by Gasteiger charge is 2.31. The Kier molecular flexibility index (Phi) is 8.75. The number of aromatic amines is 1. The normalized spacial score (nSPS) is 15.4. The Hall–Kier alpha value is -4.34. The fourth-order valence-corrected chi connectivity index (χ4v) is 6.29. The molecule has 1 atom stereocenters. The lowest BCUT2D eigenvalue weighted by Crippen LogP contribution is -2.48. The quantitative estimate of drug-likeness (QED) is 0.385. The van der Waals surface area contributed by atoms with E-state index in [-0.39, 0.29) is 11.5 Å². The molecule has 2 amide bonds. The fraction of sp³-hybridized carbons (Fsp3) is 0.455. The summed E-state index contributed by atoms with van der Waals surface area (Å²) in [6.07, 6.45) is 4.25. The Morgan fingerprint density at radius 1 is 1.07 bits per heavy atom. The molecule has 4 heterocycles. The molecule has 2 N–H and O–H groups in total. The van der Waals surface area contributed by atoms with Crippen molar-refractivity contribution in [3.05, 3.63) is 69.3 Å². The number of hydrogen-bond donors (Lipinski definition) is 2. The van der Waals surface area contributed by atoms with Gasteiger partial charge in [0.15, 0.2) is 0 Å². The number of carbonyl (C=O) groups is 2. The average molecular weight is 587 g/mol. The van der Waals surface area contributed by atoms with Gasteiger partial charge >= 0.3 is 6.09 Å². The topological polar surface area (TPSA) is 113 Å². The number of pyridine rings is 2. The summed E-state index contributed by atoms with van der Waals surface area (Å²) in [4.78, 5) is 53.7. The summed E-state index contributed by atoms with van der Waals surface area (Å²) in [5.41, 5.74) is 6.28. The van der Waals surface area contributed by atoms with E-state index in [2.05, 4.69) is 41.6 Å². The lowest BCUT2D eigenvalue weighted by molar-refractivity contribution is 0.0991. The van der Waals surface area contributed by atoms with E-state index < -0.39 is 6.09 Å². The Morgan fingerprint density at radius 2 is 1.81 bits per heavy atom. The van der Waals surface area contributed by atoms with E-state index in [4.69, 9.17) is 4.98 Å². The highest BCUT2D eigenvalue weighted by molar-refractivity contribution is 6.09. The molecule has 228 valence electrons. The highest BCUT2D eigenvalue weighted by atomic mass is 16.4. The molecule has 10 heteroatoms. The van der Waals surface area contributed by atoms with Crippen LogP contribution in [0.2, 0.25) is 0 Å². The van der Waals surface area contributed by atoms with Gasteiger partial charge in [-0.25, -0.2) is 9.78 Å². The lowest BCUT2D eigenvalue weighted by atomic mass is 9.96. The summed E-state index contributed by atoms with van der Waals surface area (Å²) >= 11 is 0. The van der Waals surface area contributed by atoms with Gasteiger partial charge in [-0.05, 0) is 80.1 Å². The van der Waals surface area contributed by atoms with Gasteiger partial charge in [0.25, 0.3) is 11.5 Å². The summed E-state index contributed by atoms with van der Waals surface area (Å²) in [6, 6.07) is 10.4. The van der Waals surface area contributed by atoms with Crippen LogP contribution < -0.4 is 20.3 Å². The van der Waals surface area contributed by atoms with Crippen LogP contribution in [-0.4, -0.2) is 77.8 Å². The Bertz CT molecular complexity index is 1560. The molecule has 2 aliphatic rings. The molecule has 3 aromatic rings. The fourth-order valence-electron chi connectivity index (χ4n) is 6.29. The predicted molar refractivity (Wildman–Crippen MR) is 171 cm³/mol. The first kappa shape index (κ1) is 30.1. The van der Waals surface area contributed by atoms with Gasteiger partial charge in [0.1, 0.15) is 11.5 Å². The number of amides is 2. The number of rotatable bonds is 8. The first-order chi connectivity index (χ1) is 20.6. The van der Waals surface area contributed by atoms with Crippen molar-refractivity contribution in [2.24, 2.45) is 0 Å². The van der Waals surface area contributed by atoms with Crippen LogP contribution in [0.25, 0.3) is 11.1 Å². The van der Waals surface area contributed by atoms with E-state index in [0.29, 0.717) is 49.9 Å². The minimum atomic E-state index is -0.893. The standard InChI is InChI=1S/C33H42N6O4/c1-6-8-23-17-21(3)35-31(40)30(23)36(5)32(41)27-18-25(19-28-26(27)11-12-39(28)22(4)7-2)24-9-10-29(34-20-24)37-13-15-38(16-14-37)33(42)43/h9-10,17-20,22H,6-8,11-16H2,1-5H3,(H,35,40)(H,42,43). The maximum Gasteiger partial charge on any atom is 0.407 e. The van der Waals surface area contributed by atoms with Crippen molar-refractivity contribution in [3.63, 3.8) is 0 Å². The van der Waals surface area contributed by atoms with Crippen LogP contribution in [0.4, 0.5) is 22.0 Å². The van der Waals surface area contributed by atoms with Crippen LogP contribution in [0.3, 0.4) is 0 Å². The molecule has 0 saturated carbocycles. The van der Waals surface area contributed by atoms with Gasteiger partial charge in [0, 0.05) is 74.5 Å². The maximum atomic E-state index is 14.2. The van der Waals surface area contributed by atoms with Gasteiger partial charge in [0.05, 0.1) is 0 Å². The monoisotopic (exact) mass is 586 g/mol. The van der Waals surface area contributed by atoms with E-state index in [1.165, 1.54) is 9.80 Å². The third kappa shape index (κ3) is 5.96. The maximum absolute atomic E-state index is 14.2. The Balaban J connectivity index is 1.52. The summed E-state index contributed by atoms with van der Waals surface area (Å²) in [5, 5.41) is 9.26.